The molecule has 1 atom stereocenters. The van der Waals surface area contributed by atoms with Gasteiger partial charge in [-0.15, -0.1) is 0 Å². The van der Waals surface area contributed by atoms with Crippen molar-refractivity contribution in [2.24, 2.45) is 5.41 Å². The maximum absolute atomic E-state index is 14.0. The van der Waals surface area contributed by atoms with Crippen LogP contribution in [0.3, 0.4) is 0 Å². The predicted octanol–water partition coefficient (Wildman–Crippen LogP) is 3.72. The van der Waals surface area contributed by atoms with Crippen LogP contribution in [0.25, 0.3) is 0 Å². The molecule has 4 rings (SSSR count). The average Bonchev–Trinajstić information content (AvgIpc) is 3.36. The average molecular weight is 416 g/mol. The lowest BCUT2D eigenvalue weighted by molar-refractivity contribution is 0.0772. The first kappa shape index (κ1) is 20.6. The molecule has 2 aromatic carbocycles. The molecule has 0 radical (unpaired) electrons. The molecule has 1 unspecified atom stereocenters. The van der Waals surface area contributed by atoms with Crippen molar-refractivity contribution >= 4 is 5.91 Å². The van der Waals surface area contributed by atoms with Gasteiger partial charge in [-0.2, -0.15) is 0 Å². The molecule has 2 fully saturated rings. The molecule has 2 heterocycles. The second kappa shape index (κ2) is 8.22. The van der Waals surface area contributed by atoms with Gasteiger partial charge in [-0.1, -0.05) is 6.07 Å². The van der Waals surface area contributed by atoms with Crippen molar-refractivity contribution in [3.05, 3.63) is 59.2 Å². The number of rotatable bonds is 5. The summed E-state index contributed by atoms with van der Waals surface area (Å²) in [6.07, 6.45) is 1.81. The summed E-state index contributed by atoms with van der Waals surface area (Å²) in [6.45, 7) is 3.08. The monoisotopic (exact) mass is 416 g/mol. The number of halogens is 2. The van der Waals surface area contributed by atoms with E-state index in [1.165, 1.54) is 18.2 Å². The first-order valence-electron chi connectivity index (χ1n) is 10.1. The van der Waals surface area contributed by atoms with Crippen molar-refractivity contribution in [2.45, 2.75) is 19.4 Å². The zero-order valence-corrected chi connectivity index (χ0v) is 17.3. The molecule has 0 bridgehead atoms. The molecular weight excluding hydrogens is 390 g/mol. The van der Waals surface area contributed by atoms with Gasteiger partial charge >= 0.3 is 0 Å². The summed E-state index contributed by atoms with van der Waals surface area (Å²) in [4.78, 5) is 17.0. The van der Waals surface area contributed by atoms with Crippen molar-refractivity contribution < 1.29 is 23.0 Å². The Balaban J connectivity index is 1.42. The van der Waals surface area contributed by atoms with Crippen LogP contribution < -0.4 is 9.47 Å². The Morgan fingerprint density at radius 1 is 1.00 bits per heavy atom. The normalized spacial score (nSPS) is 21.4. The third kappa shape index (κ3) is 3.86. The zero-order valence-electron chi connectivity index (χ0n) is 17.3. The van der Waals surface area contributed by atoms with E-state index in [-0.39, 0.29) is 23.4 Å². The molecule has 30 heavy (non-hydrogen) atoms. The third-order valence-corrected chi connectivity index (χ3v) is 6.32. The van der Waals surface area contributed by atoms with Gasteiger partial charge in [-0.25, -0.2) is 8.78 Å². The van der Waals surface area contributed by atoms with E-state index in [0.29, 0.717) is 30.2 Å². The zero-order chi connectivity index (χ0) is 21.3. The van der Waals surface area contributed by atoms with E-state index in [1.807, 2.05) is 4.90 Å². The number of nitrogens with zero attached hydrogens (tertiary/aromatic N) is 2. The Kier molecular flexibility index (Phi) is 5.64. The third-order valence-electron chi connectivity index (χ3n) is 6.32. The van der Waals surface area contributed by atoms with E-state index >= 15 is 0 Å². The van der Waals surface area contributed by atoms with Crippen molar-refractivity contribution in [3.63, 3.8) is 0 Å². The molecule has 1 spiro atoms. The summed E-state index contributed by atoms with van der Waals surface area (Å²) >= 11 is 0. The number of ether oxygens (including phenoxy) is 2. The lowest BCUT2D eigenvalue weighted by Gasteiger charge is -2.25. The molecule has 0 aromatic heterocycles. The molecule has 2 aliphatic rings. The number of carbonyl (C=O) groups excluding carboxylic acids is 1. The number of benzene rings is 2. The van der Waals surface area contributed by atoms with E-state index in [0.717, 1.165) is 25.9 Å². The largest absolute Gasteiger partial charge is 0.493 e. The predicted molar refractivity (Wildman–Crippen MR) is 109 cm³/mol. The Labute approximate surface area is 175 Å². The van der Waals surface area contributed by atoms with Crippen LogP contribution in [0.15, 0.2) is 36.4 Å². The van der Waals surface area contributed by atoms with E-state index < -0.39 is 11.6 Å². The van der Waals surface area contributed by atoms with Gasteiger partial charge in [0.2, 0.25) is 0 Å². The standard InChI is InChI=1S/C23H26F2N2O3/c1-29-20-7-6-16(12-21(20)30-2)22(28)27-11-9-23(15-27)8-10-26(14-23)13-17-18(24)4-3-5-19(17)25/h3-7,12H,8-11,13-15H2,1-2H3. The minimum absolute atomic E-state index is 0.0199. The molecule has 5 nitrogen and oxygen atoms in total. The van der Waals surface area contributed by atoms with E-state index in [4.69, 9.17) is 9.47 Å². The highest BCUT2D eigenvalue weighted by Crippen LogP contribution is 2.41. The summed E-state index contributed by atoms with van der Waals surface area (Å²) in [5.74, 6) is 0.0571. The number of hydrogen-bond donors (Lipinski definition) is 0. The summed E-state index contributed by atoms with van der Waals surface area (Å²) in [6, 6.07) is 9.16. The van der Waals surface area contributed by atoms with Crippen LogP contribution >= 0.6 is 0 Å². The summed E-state index contributed by atoms with van der Waals surface area (Å²) in [5, 5.41) is 0. The quantitative estimate of drug-likeness (QED) is 0.745. The molecule has 7 heteroatoms. The molecule has 0 N–H and O–H groups in total. The van der Waals surface area contributed by atoms with Crippen LogP contribution in [0.1, 0.15) is 28.8 Å². The highest BCUT2D eigenvalue weighted by atomic mass is 19.1. The van der Waals surface area contributed by atoms with Gasteiger partial charge in [0, 0.05) is 42.7 Å². The van der Waals surface area contributed by atoms with Gasteiger partial charge in [0.1, 0.15) is 11.6 Å². The molecule has 1 amide bonds. The second-order valence-electron chi connectivity index (χ2n) is 8.21. The van der Waals surface area contributed by atoms with Crippen LogP contribution in [0, 0.1) is 17.0 Å². The van der Waals surface area contributed by atoms with Crippen LogP contribution in [0.2, 0.25) is 0 Å². The van der Waals surface area contributed by atoms with Gasteiger partial charge in [-0.05, 0) is 49.7 Å². The van der Waals surface area contributed by atoms with Crippen LogP contribution in [-0.4, -0.2) is 56.1 Å². The molecule has 160 valence electrons. The highest BCUT2D eigenvalue weighted by Gasteiger charge is 2.45. The molecule has 0 saturated carbocycles. The maximum atomic E-state index is 14.0. The van der Waals surface area contributed by atoms with E-state index in [9.17, 15) is 13.6 Å². The van der Waals surface area contributed by atoms with Crippen molar-refractivity contribution in [1.82, 2.24) is 9.80 Å². The first-order valence-corrected chi connectivity index (χ1v) is 10.1. The van der Waals surface area contributed by atoms with Crippen LogP contribution in [0.5, 0.6) is 11.5 Å². The summed E-state index contributed by atoms with van der Waals surface area (Å²) in [7, 11) is 3.10. The molecule has 0 aliphatic carbocycles. The lowest BCUT2D eigenvalue weighted by atomic mass is 9.86. The molecule has 2 aliphatic heterocycles. The number of likely N-dealkylation sites (tertiary alicyclic amines) is 2. The van der Waals surface area contributed by atoms with E-state index in [2.05, 4.69) is 4.90 Å². The Morgan fingerprint density at radius 2 is 1.70 bits per heavy atom. The van der Waals surface area contributed by atoms with Crippen LogP contribution in [0.4, 0.5) is 8.78 Å². The minimum atomic E-state index is -0.507. The molecular formula is C23H26F2N2O3. The van der Waals surface area contributed by atoms with E-state index in [1.54, 1.807) is 32.4 Å². The number of methoxy groups -OCH3 is 2. The fourth-order valence-corrected chi connectivity index (χ4v) is 4.66. The minimum Gasteiger partial charge on any atom is -0.493 e. The van der Waals surface area contributed by atoms with Crippen molar-refractivity contribution in [2.75, 3.05) is 40.4 Å². The van der Waals surface area contributed by atoms with Gasteiger partial charge in [-0.3, -0.25) is 9.69 Å². The Morgan fingerprint density at radius 3 is 2.40 bits per heavy atom. The fourth-order valence-electron chi connectivity index (χ4n) is 4.66. The smallest absolute Gasteiger partial charge is 0.254 e. The number of amides is 1. The molecule has 2 saturated heterocycles. The SMILES string of the molecule is COc1ccc(C(=O)N2CCC3(CCN(Cc4c(F)cccc4F)C3)C2)cc1OC. The topological polar surface area (TPSA) is 42.0 Å². The van der Waals surface area contributed by atoms with Crippen LogP contribution in [-0.2, 0) is 6.54 Å². The summed E-state index contributed by atoms with van der Waals surface area (Å²) < 4.78 is 38.6. The fraction of sp³-hybridized carbons (Fsp3) is 0.435. The second-order valence-corrected chi connectivity index (χ2v) is 8.21. The Bertz CT molecular complexity index is 932. The van der Waals surface area contributed by atoms with Gasteiger partial charge < -0.3 is 14.4 Å². The lowest BCUT2D eigenvalue weighted by Crippen LogP contribution is -2.34. The maximum Gasteiger partial charge on any atom is 0.254 e. The van der Waals surface area contributed by atoms with Gasteiger partial charge in [0.05, 0.1) is 14.2 Å². The summed E-state index contributed by atoms with van der Waals surface area (Å²) in [5.41, 5.74) is 0.660. The number of carbonyl (C=O) groups is 1. The van der Waals surface area contributed by atoms with Gasteiger partial charge in [0.15, 0.2) is 11.5 Å². The number of hydrogen-bond acceptors (Lipinski definition) is 4. The van der Waals surface area contributed by atoms with Crippen molar-refractivity contribution in [1.29, 1.82) is 0 Å². The van der Waals surface area contributed by atoms with Crippen molar-refractivity contribution in [3.8, 4) is 11.5 Å². The highest BCUT2D eigenvalue weighted by molar-refractivity contribution is 5.95. The van der Waals surface area contributed by atoms with Gasteiger partial charge in [0.25, 0.3) is 5.91 Å². The first-order chi connectivity index (χ1) is 14.4. The molecule has 2 aromatic rings. The Hall–Kier alpha value is -2.67.